The molecule has 116 valence electrons. The fraction of sp³-hybridized carbons (Fsp3) is 0.235. The van der Waals surface area contributed by atoms with E-state index in [0.717, 1.165) is 21.2 Å². The Labute approximate surface area is 140 Å². The number of thioether (sulfide) groups is 1. The van der Waals surface area contributed by atoms with Gasteiger partial charge >= 0.3 is 6.09 Å². The largest absolute Gasteiger partial charge is 0.445 e. The number of alkyl carbamates (subject to hydrolysis) is 1. The maximum Gasteiger partial charge on any atom is 0.407 e. The third kappa shape index (κ3) is 6.00. The number of halogens is 1. The van der Waals surface area contributed by atoms with Gasteiger partial charge in [-0.3, -0.25) is 0 Å². The quantitative estimate of drug-likeness (QED) is 0.774. The number of amides is 1. The molecule has 0 aliphatic rings. The predicted octanol–water partition coefficient (Wildman–Crippen LogP) is 4.75. The van der Waals surface area contributed by atoms with Crippen LogP contribution in [0.5, 0.6) is 0 Å². The molecule has 2 aromatic carbocycles. The van der Waals surface area contributed by atoms with Crippen molar-refractivity contribution in [1.82, 2.24) is 5.32 Å². The molecule has 1 unspecified atom stereocenters. The van der Waals surface area contributed by atoms with E-state index < -0.39 is 6.09 Å². The van der Waals surface area contributed by atoms with Crippen LogP contribution in [0.1, 0.15) is 12.5 Å². The van der Waals surface area contributed by atoms with E-state index >= 15 is 0 Å². The van der Waals surface area contributed by atoms with Crippen molar-refractivity contribution in [1.29, 1.82) is 0 Å². The predicted molar refractivity (Wildman–Crippen MR) is 91.4 cm³/mol. The normalized spacial score (nSPS) is 11.7. The Balaban J connectivity index is 1.68. The second-order valence-corrected chi connectivity index (χ2v) is 6.40. The summed E-state index contributed by atoms with van der Waals surface area (Å²) in [5.74, 6) is 0.766. The number of carbonyl (C=O) groups excluding carboxylic acids is 1. The molecular formula is C17H18ClNO2S. The van der Waals surface area contributed by atoms with E-state index in [-0.39, 0.29) is 12.6 Å². The molecule has 2 rings (SSSR count). The molecule has 0 fully saturated rings. The van der Waals surface area contributed by atoms with Gasteiger partial charge in [0.15, 0.2) is 0 Å². The smallest absolute Gasteiger partial charge is 0.407 e. The SMILES string of the molecule is CC(CSc1ccc(Cl)cc1)NC(=O)OCc1ccccc1. The van der Waals surface area contributed by atoms with Crippen LogP contribution in [-0.4, -0.2) is 17.9 Å². The van der Waals surface area contributed by atoms with Crippen LogP contribution in [0.25, 0.3) is 0 Å². The third-order valence-electron chi connectivity index (χ3n) is 2.89. The Bertz CT molecular complexity index is 589. The Kier molecular flexibility index (Phi) is 6.62. The third-order valence-corrected chi connectivity index (χ3v) is 4.41. The molecule has 1 amide bonds. The molecule has 2 aromatic rings. The molecule has 0 heterocycles. The summed E-state index contributed by atoms with van der Waals surface area (Å²) >= 11 is 7.51. The lowest BCUT2D eigenvalue weighted by Gasteiger charge is -2.13. The number of ether oxygens (including phenoxy) is 1. The fourth-order valence-electron chi connectivity index (χ4n) is 1.76. The number of rotatable bonds is 6. The Morgan fingerprint density at radius 2 is 1.86 bits per heavy atom. The average molecular weight is 336 g/mol. The summed E-state index contributed by atoms with van der Waals surface area (Å²) in [6.07, 6.45) is -0.395. The van der Waals surface area contributed by atoms with Crippen LogP contribution in [-0.2, 0) is 11.3 Å². The number of hydrogen-bond acceptors (Lipinski definition) is 3. The summed E-state index contributed by atoms with van der Waals surface area (Å²) in [5, 5.41) is 3.55. The molecule has 5 heteroatoms. The van der Waals surface area contributed by atoms with Crippen molar-refractivity contribution in [2.24, 2.45) is 0 Å². The standard InChI is InChI=1S/C17H18ClNO2S/c1-13(12-22-16-9-7-15(18)8-10-16)19-17(20)21-11-14-5-3-2-4-6-14/h2-10,13H,11-12H2,1H3,(H,19,20). The zero-order chi connectivity index (χ0) is 15.8. The Hall–Kier alpha value is -1.65. The van der Waals surface area contributed by atoms with E-state index in [1.165, 1.54) is 0 Å². The average Bonchev–Trinajstić information content (AvgIpc) is 2.53. The molecule has 0 bridgehead atoms. The van der Waals surface area contributed by atoms with Gasteiger partial charge in [0.05, 0.1) is 0 Å². The van der Waals surface area contributed by atoms with Gasteiger partial charge in [-0.15, -0.1) is 11.8 Å². The highest BCUT2D eigenvalue weighted by molar-refractivity contribution is 7.99. The molecule has 0 saturated heterocycles. The van der Waals surface area contributed by atoms with Crippen molar-refractivity contribution in [2.45, 2.75) is 24.5 Å². The molecule has 0 spiro atoms. The second-order valence-electron chi connectivity index (χ2n) is 4.87. The summed E-state index contributed by atoms with van der Waals surface area (Å²) in [7, 11) is 0. The van der Waals surface area contributed by atoms with Gasteiger partial charge in [0.25, 0.3) is 0 Å². The molecule has 22 heavy (non-hydrogen) atoms. The Morgan fingerprint density at radius 1 is 1.18 bits per heavy atom. The molecule has 1 N–H and O–H groups in total. The van der Waals surface area contributed by atoms with Crippen molar-refractivity contribution in [3.63, 3.8) is 0 Å². The van der Waals surface area contributed by atoms with E-state index in [4.69, 9.17) is 16.3 Å². The zero-order valence-corrected chi connectivity index (χ0v) is 13.9. The topological polar surface area (TPSA) is 38.3 Å². The molecule has 0 saturated carbocycles. The van der Waals surface area contributed by atoms with Gasteiger partial charge in [-0.1, -0.05) is 41.9 Å². The first kappa shape index (κ1) is 16.7. The summed E-state index contributed by atoms with van der Waals surface area (Å²) < 4.78 is 5.19. The molecule has 0 aromatic heterocycles. The van der Waals surface area contributed by atoms with Crippen molar-refractivity contribution < 1.29 is 9.53 Å². The van der Waals surface area contributed by atoms with Crippen molar-refractivity contribution in [3.8, 4) is 0 Å². The van der Waals surface area contributed by atoms with Crippen LogP contribution in [0.3, 0.4) is 0 Å². The van der Waals surface area contributed by atoms with Gasteiger partial charge < -0.3 is 10.1 Å². The van der Waals surface area contributed by atoms with E-state index in [1.54, 1.807) is 11.8 Å². The number of nitrogens with one attached hydrogen (secondary N) is 1. The maximum atomic E-state index is 11.7. The summed E-state index contributed by atoms with van der Waals surface area (Å²) in [6.45, 7) is 2.23. The minimum absolute atomic E-state index is 0.0175. The minimum atomic E-state index is -0.395. The highest BCUT2D eigenvalue weighted by Gasteiger charge is 2.09. The van der Waals surface area contributed by atoms with Crippen molar-refractivity contribution in [3.05, 3.63) is 65.2 Å². The van der Waals surface area contributed by atoms with Gasteiger partial charge in [-0.25, -0.2) is 4.79 Å². The molecular weight excluding hydrogens is 318 g/mol. The van der Waals surface area contributed by atoms with Crippen LogP contribution in [0, 0.1) is 0 Å². The van der Waals surface area contributed by atoms with Crippen molar-refractivity contribution in [2.75, 3.05) is 5.75 Å². The lowest BCUT2D eigenvalue weighted by Crippen LogP contribution is -2.34. The molecule has 1 atom stereocenters. The van der Waals surface area contributed by atoms with E-state index in [2.05, 4.69) is 5.32 Å². The van der Waals surface area contributed by atoms with Gasteiger partial charge in [0.1, 0.15) is 6.61 Å². The number of carbonyl (C=O) groups is 1. The first-order valence-electron chi connectivity index (χ1n) is 6.99. The Morgan fingerprint density at radius 3 is 2.55 bits per heavy atom. The summed E-state index contributed by atoms with van der Waals surface area (Å²) in [5.41, 5.74) is 0.973. The molecule has 0 aliphatic heterocycles. The summed E-state index contributed by atoms with van der Waals surface area (Å²) in [6, 6.07) is 17.3. The highest BCUT2D eigenvalue weighted by atomic mass is 35.5. The van der Waals surface area contributed by atoms with Gasteiger partial charge in [-0.2, -0.15) is 0 Å². The number of hydrogen-bond donors (Lipinski definition) is 1. The first-order chi connectivity index (χ1) is 10.6. The van der Waals surface area contributed by atoms with Gasteiger partial charge in [-0.05, 0) is 36.8 Å². The highest BCUT2D eigenvalue weighted by Crippen LogP contribution is 2.20. The lowest BCUT2D eigenvalue weighted by atomic mass is 10.2. The number of benzene rings is 2. The van der Waals surface area contributed by atoms with Crippen molar-refractivity contribution >= 4 is 29.5 Å². The first-order valence-corrected chi connectivity index (χ1v) is 8.35. The van der Waals surface area contributed by atoms with E-state index in [0.29, 0.717) is 0 Å². The minimum Gasteiger partial charge on any atom is -0.445 e. The van der Waals surface area contributed by atoms with Crippen LogP contribution in [0.15, 0.2) is 59.5 Å². The van der Waals surface area contributed by atoms with E-state index in [1.807, 2.05) is 61.5 Å². The monoisotopic (exact) mass is 335 g/mol. The van der Waals surface area contributed by atoms with Crippen LogP contribution >= 0.6 is 23.4 Å². The van der Waals surface area contributed by atoms with Crippen LogP contribution in [0.4, 0.5) is 4.79 Å². The fourth-order valence-corrected chi connectivity index (χ4v) is 2.74. The maximum absolute atomic E-state index is 11.7. The molecule has 0 aliphatic carbocycles. The second kappa shape index (κ2) is 8.71. The van der Waals surface area contributed by atoms with Crippen LogP contribution in [0.2, 0.25) is 5.02 Å². The lowest BCUT2D eigenvalue weighted by molar-refractivity contribution is 0.137. The van der Waals surface area contributed by atoms with Gasteiger partial charge in [0.2, 0.25) is 0 Å². The van der Waals surface area contributed by atoms with E-state index in [9.17, 15) is 4.79 Å². The molecule has 3 nitrogen and oxygen atoms in total. The van der Waals surface area contributed by atoms with Gasteiger partial charge in [0, 0.05) is 21.7 Å². The summed E-state index contributed by atoms with van der Waals surface area (Å²) in [4.78, 5) is 12.8. The molecule has 0 radical (unpaired) electrons. The van der Waals surface area contributed by atoms with Crippen LogP contribution < -0.4 is 5.32 Å². The zero-order valence-electron chi connectivity index (χ0n) is 12.3.